The third-order valence-electron chi connectivity index (χ3n) is 10.00. The molecule has 0 atom stereocenters. The van der Waals surface area contributed by atoms with Crippen LogP contribution in [0.4, 0.5) is 0 Å². The summed E-state index contributed by atoms with van der Waals surface area (Å²) >= 11 is 0. The second-order valence-electron chi connectivity index (χ2n) is 12.6. The second kappa shape index (κ2) is 10.6. The number of pyridine rings is 1. The average Bonchev–Trinajstić information content (AvgIpc) is 3.49. The Bertz CT molecular complexity index is 2600. The van der Waals surface area contributed by atoms with E-state index < -0.39 is 0 Å². The summed E-state index contributed by atoms with van der Waals surface area (Å²) in [5.41, 5.74) is 15.8. The van der Waals surface area contributed by atoms with Crippen LogP contribution in [0.5, 0.6) is 0 Å². The molecule has 0 bridgehead atoms. The van der Waals surface area contributed by atoms with Gasteiger partial charge in [-0.15, -0.1) is 0 Å². The fourth-order valence-electron chi connectivity index (χ4n) is 8.00. The highest BCUT2D eigenvalue weighted by molar-refractivity contribution is 6.28. The third kappa shape index (κ3) is 3.95. The van der Waals surface area contributed by atoms with Crippen molar-refractivity contribution in [1.29, 1.82) is 0 Å². The Labute approximate surface area is 279 Å². The van der Waals surface area contributed by atoms with Gasteiger partial charge in [-0.25, -0.2) is 4.98 Å². The van der Waals surface area contributed by atoms with E-state index in [2.05, 4.69) is 176 Å². The van der Waals surface area contributed by atoms with Crippen LogP contribution in [0.1, 0.15) is 0 Å². The van der Waals surface area contributed by atoms with Gasteiger partial charge in [0, 0.05) is 10.9 Å². The zero-order valence-electron chi connectivity index (χ0n) is 26.2. The van der Waals surface area contributed by atoms with E-state index in [1.807, 2.05) is 0 Å². The lowest BCUT2D eigenvalue weighted by Gasteiger charge is -2.20. The lowest BCUT2D eigenvalue weighted by atomic mass is 9.82. The molecule has 0 saturated heterocycles. The van der Waals surface area contributed by atoms with Gasteiger partial charge in [0.15, 0.2) is 0 Å². The van der Waals surface area contributed by atoms with Crippen LogP contribution in [0, 0.1) is 0 Å². The van der Waals surface area contributed by atoms with Crippen LogP contribution < -0.4 is 0 Å². The molecule has 222 valence electrons. The molecule has 0 spiro atoms. The Morgan fingerprint density at radius 2 is 0.771 bits per heavy atom. The molecule has 0 N–H and O–H groups in total. The van der Waals surface area contributed by atoms with Crippen molar-refractivity contribution in [2.24, 2.45) is 0 Å². The van der Waals surface area contributed by atoms with Crippen molar-refractivity contribution in [2.45, 2.75) is 0 Å². The first-order chi connectivity index (χ1) is 23.8. The van der Waals surface area contributed by atoms with E-state index in [4.69, 9.17) is 4.98 Å². The first kappa shape index (κ1) is 26.9. The van der Waals surface area contributed by atoms with Gasteiger partial charge in [-0.3, -0.25) is 0 Å². The highest BCUT2D eigenvalue weighted by Gasteiger charge is 2.31. The summed E-state index contributed by atoms with van der Waals surface area (Å²) in [7, 11) is 0. The van der Waals surface area contributed by atoms with E-state index in [0.29, 0.717) is 0 Å². The Morgan fingerprint density at radius 1 is 0.292 bits per heavy atom. The van der Waals surface area contributed by atoms with Crippen LogP contribution in [0.15, 0.2) is 176 Å². The summed E-state index contributed by atoms with van der Waals surface area (Å²) in [5.74, 6) is 0. The van der Waals surface area contributed by atoms with Crippen molar-refractivity contribution in [2.75, 3.05) is 0 Å². The molecule has 0 fully saturated rings. The van der Waals surface area contributed by atoms with Crippen LogP contribution in [0.25, 0.3) is 99.3 Å². The topological polar surface area (TPSA) is 12.9 Å². The molecule has 9 aromatic rings. The van der Waals surface area contributed by atoms with Gasteiger partial charge in [0.1, 0.15) is 0 Å². The first-order valence-electron chi connectivity index (χ1n) is 16.6. The Hall–Kier alpha value is -6.31. The monoisotopic (exact) mass is 607 g/mol. The minimum Gasteiger partial charge on any atom is -0.248 e. The molecule has 1 aromatic heterocycles. The Balaban J connectivity index is 1.32. The summed E-state index contributed by atoms with van der Waals surface area (Å²) in [6, 6.07) is 63.7. The molecule has 10 rings (SSSR count). The van der Waals surface area contributed by atoms with E-state index >= 15 is 0 Å². The molecule has 8 aromatic carbocycles. The molecule has 48 heavy (non-hydrogen) atoms. The zero-order chi connectivity index (χ0) is 31.6. The highest BCUT2D eigenvalue weighted by Crippen LogP contribution is 2.58. The minimum atomic E-state index is 0.990. The number of aromatic nitrogens is 1. The molecule has 0 saturated carbocycles. The van der Waals surface area contributed by atoms with Crippen LogP contribution in [0.3, 0.4) is 0 Å². The molecular weight excluding hydrogens is 579 g/mol. The fraction of sp³-hybridized carbons (Fsp3) is 0. The average molecular weight is 608 g/mol. The number of hydrogen-bond acceptors (Lipinski definition) is 1. The molecule has 1 nitrogen and oxygen atoms in total. The summed E-state index contributed by atoms with van der Waals surface area (Å²) < 4.78 is 0. The molecule has 0 amide bonds. The van der Waals surface area contributed by atoms with Gasteiger partial charge < -0.3 is 0 Å². The molecule has 0 unspecified atom stereocenters. The standard InChI is InChI=1S/C47H29N/c1-4-15-30(16-5-1)40-29-42(48-41-26-13-12-21-33(40)41)34-27-28-39-45-35(34)24-14-25-38(45)46-43(31-17-6-2-7-18-31)36-22-10-11-23-37(36)44(47(39)46)32-19-8-3-9-20-32/h1-29H. The lowest BCUT2D eigenvalue weighted by Crippen LogP contribution is -1.93. The number of fused-ring (bicyclic) bond motifs is 5. The number of para-hydroxylation sites is 1. The molecule has 1 aliphatic rings. The van der Waals surface area contributed by atoms with Gasteiger partial charge in [-0.05, 0) is 89.3 Å². The maximum atomic E-state index is 5.29. The van der Waals surface area contributed by atoms with Crippen LogP contribution >= 0.6 is 0 Å². The summed E-state index contributed by atoms with van der Waals surface area (Å²) in [5, 5.41) is 6.23. The van der Waals surface area contributed by atoms with E-state index in [1.165, 1.54) is 77.2 Å². The largest absolute Gasteiger partial charge is 0.248 e. The van der Waals surface area contributed by atoms with Crippen molar-refractivity contribution in [1.82, 2.24) is 4.98 Å². The molecule has 0 radical (unpaired) electrons. The lowest BCUT2D eigenvalue weighted by molar-refractivity contribution is 1.41. The van der Waals surface area contributed by atoms with Gasteiger partial charge >= 0.3 is 0 Å². The van der Waals surface area contributed by atoms with E-state index in [9.17, 15) is 0 Å². The molecule has 1 heteroatoms. The van der Waals surface area contributed by atoms with Crippen LogP contribution in [-0.2, 0) is 0 Å². The molecule has 1 aliphatic carbocycles. The normalized spacial score (nSPS) is 11.8. The van der Waals surface area contributed by atoms with Gasteiger partial charge in [-0.2, -0.15) is 0 Å². The van der Waals surface area contributed by atoms with E-state index in [1.54, 1.807) is 0 Å². The first-order valence-corrected chi connectivity index (χ1v) is 16.6. The van der Waals surface area contributed by atoms with Gasteiger partial charge in [0.25, 0.3) is 0 Å². The minimum absolute atomic E-state index is 0.990. The Kier molecular flexibility index (Phi) is 5.94. The van der Waals surface area contributed by atoms with Crippen LogP contribution in [-0.4, -0.2) is 4.98 Å². The number of benzene rings is 8. The smallest absolute Gasteiger partial charge is 0.0722 e. The predicted octanol–water partition coefficient (Wildman–Crippen LogP) is 12.9. The second-order valence-corrected chi connectivity index (χ2v) is 12.6. The SMILES string of the molecule is c1ccc(-c2cc(-c3ccc4c5c(cccc35)-c3c-4c(-c4ccccc4)c4ccccc4c3-c3ccccc3)nc3ccccc23)cc1. The quantitative estimate of drug-likeness (QED) is 0.194. The van der Waals surface area contributed by atoms with Crippen molar-refractivity contribution in [3.8, 4) is 66.9 Å². The van der Waals surface area contributed by atoms with Crippen molar-refractivity contribution in [3.05, 3.63) is 176 Å². The Morgan fingerprint density at radius 3 is 1.40 bits per heavy atom. The van der Waals surface area contributed by atoms with Crippen molar-refractivity contribution >= 4 is 32.4 Å². The van der Waals surface area contributed by atoms with E-state index in [0.717, 1.165) is 22.2 Å². The summed E-state index contributed by atoms with van der Waals surface area (Å²) in [4.78, 5) is 5.29. The van der Waals surface area contributed by atoms with Gasteiger partial charge in [0.2, 0.25) is 0 Å². The highest BCUT2D eigenvalue weighted by atomic mass is 14.7. The number of rotatable bonds is 4. The number of nitrogens with zero attached hydrogens (tertiary/aromatic N) is 1. The summed E-state index contributed by atoms with van der Waals surface area (Å²) in [6.07, 6.45) is 0. The molecular formula is C47H29N. The van der Waals surface area contributed by atoms with Crippen molar-refractivity contribution < 1.29 is 0 Å². The predicted molar refractivity (Wildman–Crippen MR) is 203 cm³/mol. The van der Waals surface area contributed by atoms with Gasteiger partial charge in [0.05, 0.1) is 11.2 Å². The molecule has 0 aliphatic heterocycles. The summed E-state index contributed by atoms with van der Waals surface area (Å²) in [6.45, 7) is 0. The number of hydrogen-bond donors (Lipinski definition) is 0. The van der Waals surface area contributed by atoms with Gasteiger partial charge in [-0.1, -0.05) is 164 Å². The maximum absolute atomic E-state index is 5.29. The zero-order valence-corrected chi connectivity index (χ0v) is 26.2. The fourth-order valence-corrected chi connectivity index (χ4v) is 8.00. The maximum Gasteiger partial charge on any atom is 0.0722 e. The third-order valence-corrected chi connectivity index (χ3v) is 10.00. The molecule has 1 heterocycles. The van der Waals surface area contributed by atoms with Crippen molar-refractivity contribution in [3.63, 3.8) is 0 Å². The van der Waals surface area contributed by atoms with Crippen LogP contribution in [0.2, 0.25) is 0 Å². The van der Waals surface area contributed by atoms with E-state index in [-0.39, 0.29) is 0 Å².